The molecule has 436 valence electrons. The van der Waals surface area contributed by atoms with E-state index in [1.54, 1.807) is 28.4 Å². The number of rotatable bonds is 16. The Morgan fingerprint density at radius 3 is 1.16 bits per heavy atom. The predicted molar refractivity (Wildman–Crippen MR) is 350 cm³/mol. The van der Waals surface area contributed by atoms with Crippen LogP contribution in [0.1, 0.15) is 128 Å². The normalized spacial score (nSPS) is 11.9. The summed E-state index contributed by atoms with van der Waals surface area (Å²) < 4.78 is 24.2. The molecular weight excluding hydrogens is 1070 g/mol. The Bertz CT molecular complexity index is 3060. The van der Waals surface area contributed by atoms with Crippen molar-refractivity contribution in [2.45, 2.75) is 118 Å². The molecule has 0 atom stereocenters. The molecule has 0 saturated heterocycles. The topological polar surface area (TPSA) is 43.4 Å². The molecule has 0 aliphatic carbocycles. The second-order valence-electron chi connectivity index (χ2n) is 25.5. The summed E-state index contributed by atoms with van der Waals surface area (Å²) in [7, 11) is 13.4. The van der Waals surface area contributed by atoms with Crippen molar-refractivity contribution in [3.63, 3.8) is 0 Å². The summed E-state index contributed by atoms with van der Waals surface area (Å²) in [5.74, 6) is 3.65. The van der Waals surface area contributed by atoms with Gasteiger partial charge < -0.3 is 58.6 Å². The van der Waals surface area contributed by atoms with Crippen LogP contribution in [0.2, 0.25) is 0 Å². The summed E-state index contributed by atoms with van der Waals surface area (Å²) in [5, 5.41) is 7.88. The van der Waals surface area contributed by atoms with E-state index in [0.717, 1.165) is 35.8 Å². The van der Waals surface area contributed by atoms with Crippen LogP contribution in [0.25, 0.3) is 0 Å². The number of para-hydroxylation sites is 2. The van der Waals surface area contributed by atoms with Crippen LogP contribution in [0.3, 0.4) is 0 Å². The van der Waals surface area contributed by atoms with E-state index in [1.165, 1.54) is 87.7 Å². The van der Waals surface area contributed by atoms with E-state index in [0.29, 0.717) is 0 Å². The van der Waals surface area contributed by atoms with Crippen molar-refractivity contribution in [1.29, 1.82) is 0 Å². The molecule has 0 radical (unpaired) electrons. The average molecular weight is 1170 g/mol. The molecule has 0 aliphatic heterocycles. The quantitative estimate of drug-likeness (QED) is 0.0546. The zero-order valence-corrected chi connectivity index (χ0v) is 55.1. The molecule has 0 aliphatic rings. The van der Waals surface area contributed by atoms with Gasteiger partial charge in [0.1, 0.15) is 23.0 Å². The van der Waals surface area contributed by atoms with E-state index in [-0.39, 0.29) is 38.7 Å². The fourth-order valence-corrected chi connectivity index (χ4v) is 15.9. The Morgan fingerprint density at radius 2 is 0.790 bits per heavy atom. The predicted octanol–water partition coefficient (Wildman–Crippen LogP) is 14.9. The third kappa shape index (κ3) is 15.1. The molecule has 0 unspecified atom stereocenters. The van der Waals surface area contributed by atoms with Gasteiger partial charge in [-0.3, -0.25) is 0 Å². The molecule has 8 aromatic rings. The van der Waals surface area contributed by atoms with Gasteiger partial charge in [0.2, 0.25) is 0 Å². The Labute approximate surface area is 501 Å². The summed E-state index contributed by atoms with van der Waals surface area (Å²) >= 11 is 0. The van der Waals surface area contributed by atoms with Gasteiger partial charge in [0.15, 0.2) is 0 Å². The molecule has 0 aromatic heterocycles. The largest absolute Gasteiger partial charge is 0.748 e. The van der Waals surface area contributed by atoms with E-state index in [4.69, 9.17) is 18.9 Å². The number of benzene rings is 6. The van der Waals surface area contributed by atoms with Crippen LogP contribution < -0.4 is 60.6 Å². The fraction of sp³-hybridized carbons (Fsp3) is 0.361. The Balaban J connectivity index is 0.000000567. The maximum atomic E-state index is 6.05. The van der Waals surface area contributed by atoms with Crippen LogP contribution in [-0.4, -0.2) is 56.6 Å². The Morgan fingerprint density at radius 1 is 0.444 bits per heavy atom. The monoisotopic (exact) mass is 1160 g/mol. The van der Waals surface area contributed by atoms with Gasteiger partial charge in [-0.25, -0.2) is 6.07 Å². The SMILES string of the molecule is CN(C)c1ccccc1C[c-]1[cH-][cH-][cH-][cH-]1.COc1ccc(P(c2ccc(OC)c(C(C)(C)C)c2)c2cc[c-](P(c3ccc(OC)c(C(C)(C)C)c3)c3ccc(OC)c(C(C)(C)C)c3)c2Cc2ccccc2N(C)C)cc1C(C)(C)C.[Fe]. The smallest absolute Gasteiger partial charge is 0.122 e. The maximum Gasteiger partial charge on any atom is 0.122 e. The second-order valence-corrected chi connectivity index (χ2v) is 29.9. The summed E-state index contributed by atoms with van der Waals surface area (Å²) in [4.78, 5) is 4.41. The first-order valence-corrected chi connectivity index (χ1v) is 30.7. The molecular formula is C72H90FeN2O4P2-6. The van der Waals surface area contributed by atoms with Crippen molar-refractivity contribution in [1.82, 2.24) is 0 Å². The van der Waals surface area contributed by atoms with Gasteiger partial charge in [-0.15, -0.1) is 10.9 Å². The van der Waals surface area contributed by atoms with Crippen LogP contribution in [0.5, 0.6) is 23.0 Å². The third-order valence-electron chi connectivity index (χ3n) is 14.9. The van der Waals surface area contributed by atoms with Crippen molar-refractivity contribution < 1.29 is 36.0 Å². The number of hydrogen-bond acceptors (Lipinski definition) is 6. The molecule has 0 fully saturated rings. The molecule has 8 aromatic carbocycles. The first kappa shape index (κ1) is 64.4. The number of hydrogen-bond donors (Lipinski definition) is 0. The van der Waals surface area contributed by atoms with E-state index < -0.39 is 15.8 Å². The minimum Gasteiger partial charge on any atom is -0.748 e. The average Bonchev–Trinajstić information content (AvgIpc) is 4.10. The number of methoxy groups -OCH3 is 4. The van der Waals surface area contributed by atoms with Crippen LogP contribution in [0.4, 0.5) is 11.4 Å². The number of ether oxygens (including phenoxy) is 4. The van der Waals surface area contributed by atoms with Crippen LogP contribution in [0, 0.1) is 0 Å². The van der Waals surface area contributed by atoms with E-state index in [2.05, 4.69) is 279 Å². The van der Waals surface area contributed by atoms with Gasteiger partial charge in [-0.1, -0.05) is 165 Å². The second kappa shape index (κ2) is 26.6. The van der Waals surface area contributed by atoms with Crippen molar-refractivity contribution >= 4 is 59.0 Å². The molecule has 0 heterocycles. The summed E-state index contributed by atoms with van der Waals surface area (Å²) in [6, 6.07) is 58.6. The van der Waals surface area contributed by atoms with Gasteiger partial charge in [-0.2, -0.15) is 17.8 Å². The molecule has 0 amide bonds. The van der Waals surface area contributed by atoms with E-state index in [1.807, 2.05) is 0 Å². The van der Waals surface area contributed by atoms with E-state index >= 15 is 0 Å². The van der Waals surface area contributed by atoms with Crippen molar-refractivity contribution in [3.8, 4) is 23.0 Å². The third-order valence-corrected chi connectivity index (χ3v) is 19.9. The molecule has 0 bridgehead atoms. The van der Waals surface area contributed by atoms with Crippen molar-refractivity contribution in [3.05, 3.63) is 202 Å². The Hall–Kier alpha value is -5.80. The van der Waals surface area contributed by atoms with Crippen LogP contribution >= 0.6 is 15.8 Å². The number of nitrogens with zero attached hydrogens (tertiary/aromatic N) is 2. The van der Waals surface area contributed by atoms with Crippen LogP contribution in [0.15, 0.2) is 158 Å². The van der Waals surface area contributed by atoms with E-state index in [9.17, 15) is 0 Å². The van der Waals surface area contributed by atoms with Gasteiger partial charge in [0.25, 0.3) is 0 Å². The summed E-state index contributed by atoms with van der Waals surface area (Å²) in [5.41, 5.74) is 12.2. The summed E-state index contributed by atoms with van der Waals surface area (Å²) in [6.07, 6.45) is 1.78. The Kier molecular flexibility index (Phi) is 21.2. The van der Waals surface area contributed by atoms with Gasteiger partial charge in [0, 0.05) is 78.9 Å². The minimum absolute atomic E-state index is 0. The molecule has 6 nitrogen and oxygen atoms in total. The standard InChI is InChI=1S/C58H74NO4P2.C14H16N.Fe/c1-55(2,3)44-34-39(23-27-49(44)60-15)64(40-24-28-50(61-16)45(35-40)56(4,5)6)53-31-32-54(43(53)33-38-21-19-20-22-48(38)59(13)14)65(41-25-29-51(62-17)46(36-41)57(7,8)9)42-26-30-52(63-18)47(37-42)58(10,11)12;1-15(2)14-10-6-5-9-13(14)11-12-7-3-4-8-12;/h19-32,34-37H,33H2,1-18H3;3-10H,11H2,1-2H3;/q-1;-5;. The first-order chi connectivity index (χ1) is 37.7. The molecule has 0 saturated carbocycles. The first-order valence-electron chi connectivity index (χ1n) is 28.0. The van der Waals surface area contributed by atoms with Gasteiger partial charge in [-0.05, 0) is 116 Å². The molecule has 0 spiro atoms. The van der Waals surface area contributed by atoms with Gasteiger partial charge >= 0.3 is 0 Å². The number of anilines is 2. The van der Waals surface area contributed by atoms with Crippen LogP contribution in [-0.2, 0) is 51.6 Å². The maximum absolute atomic E-state index is 6.05. The minimum atomic E-state index is -1.11. The molecule has 8 rings (SSSR count). The molecule has 9 heteroatoms. The van der Waals surface area contributed by atoms with Gasteiger partial charge in [0.05, 0.1) is 28.4 Å². The van der Waals surface area contributed by atoms with Crippen molar-refractivity contribution in [2.75, 3.05) is 66.4 Å². The fourth-order valence-electron chi connectivity index (χ4n) is 10.8. The zero-order chi connectivity index (χ0) is 58.5. The molecule has 0 N–H and O–H groups in total. The zero-order valence-electron chi connectivity index (χ0n) is 52.2. The summed E-state index contributed by atoms with van der Waals surface area (Å²) in [6.45, 7) is 27.3. The van der Waals surface area contributed by atoms with Crippen molar-refractivity contribution in [2.24, 2.45) is 0 Å². The molecule has 81 heavy (non-hydrogen) atoms.